The highest BCUT2D eigenvalue weighted by Gasteiger charge is 2.31. The summed E-state index contributed by atoms with van der Waals surface area (Å²) >= 11 is 0. The topological polar surface area (TPSA) is 66.4 Å². The number of rotatable bonds is 4. The highest BCUT2D eigenvalue weighted by atomic mass is 32.2. The predicted molar refractivity (Wildman–Crippen MR) is 64.6 cm³/mol. The van der Waals surface area contributed by atoms with Gasteiger partial charge in [0.2, 0.25) is 10.0 Å². The van der Waals surface area contributed by atoms with Gasteiger partial charge in [-0.15, -0.1) is 0 Å². The van der Waals surface area contributed by atoms with Crippen LogP contribution in [-0.2, 0) is 10.0 Å². The van der Waals surface area contributed by atoms with Crippen LogP contribution in [0.15, 0.2) is 0 Å². The molecule has 5 heteroatoms. The average Bonchev–Trinajstić information content (AvgIpc) is 2.23. The average molecular weight is 249 g/mol. The van der Waals surface area contributed by atoms with Crippen molar-refractivity contribution in [1.82, 2.24) is 4.72 Å². The third-order valence-electron chi connectivity index (χ3n) is 3.81. The predicted octanol–water partition coefficient (Wildman–Crippen LogP) is 1.11. The first kappa shape index (κ1) is 13.9. The first-order valence-corrected chi connectivity index (χ1v) is 7.55. The molecule has 0 heterocycles. The number of sulfonamides is 1. The summed E-state index contributed by atoms with van der Waals surface area (Å²) in [6.07, 6.45) is 3.16. The molecule has 0 aromatic rings. The normalized spacial score (nSPS) is 33.6. The fourth-order valence-electron chi connectivity index (χ4n) is 2.17. The Kier molecular flexibility index (Phi) is 4.76. The van der Waals surface area contributed by atoms with E-state index in [9.17, 15) is 8.42 Å². The lowest BCUT2D eigenvalue weighted by molar-refractivity contribution is 0.225. The Morgan fingerprint density at radius 1 is 1.38 bits per heavy atom. The van der Waals surface area contributed by atoms with Crippen LogP contribution in [0, 0.1) is 11.8 Å². The summed E-state index contributed by atoms with van der Waals surface area (Å²) in [5.74, 6) is 0.931. The largest absolute Gasteiger partial charge is 0.395 e. The van der Waals surface area contributed by atoms with Crippen LogP contribution in [0.4, 0.5) is 0 Å². The smallest absolute Gasteiger partial charge is 0.216 e. The number of aliphatic hydroxyl groups excluding tert-OH is 1. The summed E-state index contributed by atoms with van der Waals surface area (Å²) in [7, 11) is -3.37. The SMILES string of the molecule is CC1CCCC(NS(=O)(=O)C(C)CO)C1C. The molecule has 1 aliphatic carbocycles. The Morgan fingerprint density at radius 2 is 2.00 bits per heavy atom. The van der Waals surface area contributed by atoms with Gasteiger partial charge >= 0.3 is 0 Å². The molecule has 96 valence electrons. The molecule has 1 fully saturated rings. The van der Waals surface area contributed by atoms with E-state index in [0.29, 0.717) is 11.8 Å². The second kappa shape index (κ2) is 5.47. The Bertz CT molecular complexity index is 315. The fourth-order valence-corrected chi connectivity index (χ4v) is 3.36. The Balaban J connectivity index is 2.66. The van der Waals surface area contributed by atoms with Gasteiger partial charge in [-0.2, -0.15) is 0 Å². The van der Waals surface area contributed by atoms with Gasteiger partial charge in [-0.25, -0.2) is 13.1 Å². The van der Waals surface area contributed by atoms with Gasteiger partial charge in [-0.3, -0.25) is 0 Å². The van der Waals surface area contributed by atoms with E-state index in [1.54, 1.807) is 0 Å². The molecule has 0 saturated heterocycles. The van der Waals surface area contributed by atoms with Crippen LogP contribution in [0.3, 0.4) is 0 Å². The maximum absolute atomic E-state index is 11.8. The first-order chi connectivity index (χ1) is 7.38. The van der Waals surface area contributed by atoms with Gasteiger partial charge < -0.3 is 5.11 Å². The van der Waals surface area contributed by atoms with E-state index in [0.717, 1.165) is 12.8 Å². The minimum absolute atomic E-state index is 0.0303. The number of hydrogen-bond acceptors (Lipinski definition) is 3. The highest BCUT2D eigenvalue weighted by Crippen LogP contribution is 2.30. The second-order valence-corrected chi connectivity index (χ2v) is 7.16. The van der Waals surface area contributed by atoms with E-state index < -0.39 is 15.3 Å². The van der Waals surface area contributed by atoms with Crippen LogP contribution in [0.25, 0.3) is 0 Å². The van der Waals surface area contributed by atoms with Crippen LogP contribution in [0.1, 0.15) is 40.0 Å². The van der Waals surface area contributed by atoms with Crippen LogP contribution in [0.5, 0.6) is 0 Å². The van der Waals surface area contributed by atoms with Crippen molar-refractivity contribution >= 4 is 10.0 Å². The molecule has 0 radical (unpaired) electrons. The van der Waals surface area contributed by atoms with Crippen molar-refractivity contribution in [3.05, 3.63) is 0 Å². The highest BCUT2D eigenvalue weighted by molar-refractivity contribution is 7.90. The molecule has 0 spiro atoms. The molecule has 1 aliphatic rings. The molecule has 1 rings (SSSR count). The van der Waals surface area contributed by atoms with E-state index in [1.165, 1.54) is 13.3 Å². The molecule has 2 N–H and O–H groups in total. The molecule has 1 saturated carbocycles. The summed E-state index contributed by atoms with van der Waals surface area (Å²) in [6, 6.07) is 0.0303. The van der Waals surface area contributed by atoms with Crippen LogP contribution in [-0.4, -0.2) is 31.4 Å². The quantitative estimate of drug-likeness (QED) is 0.784. The van der Waals surface area contributed by atoms with E-state index >= 15 is 0 Å². The van der Waals surface area contributed by atoms with Gasteiger partial charge in [0, 0.05) is 6.04 Å². The molecule has 0 aliphatic heterocycles. The van der Waals surface area contributed by atoms with Crippen molar-refractivity contribution in [2.24, 2.45) is 11.8 Å². The Morgan fingerprint density at radius 3 is 2.56 bits per heavy atom. The third kappa shape index (κ3) is 3.18. The number of hydrogen-bond donors (Lipinski definition) is 2. The molecule has 0 amide bonds. The van der Waals surface area contributed by atoms with Crippen LogP contribution in [0.2, 0.25) is 0 Å². The molecule has 4 unspecified atom stereocenters. The zero-order chi connectivity index (χ0) is 12.3. The monoisotopic (exact) mass is 249 g/mol. The van der Waals surface area contributed by atoms with E-state index in [1.807, 2.05) is 0 Å². The Labute approximate surface area is 98.5 Å². The summed E-state index contributed by atoms with van der Waals surface area (Å²) in [6.45, 7) is 5.46. The van der Waals surface area contributed by atoms with Crippen LogP contribution >= 0.6 is 0 Å². The standard InChI is InChI=1S/C11H23NO3S/c1-8-5-4-6-11(10(8)3)12-16(14,15)9(2)7-13/h8-13H,4-7H2,1-3H3. The molecule has 0 bridgehead atoms. The maximum Gasteiger partial charge on any atom is 0.216 e. The molecular weight excluding hydrogens is 226 g/mol. The number of nitrogens with one attached hydrogen (secondary N) is 1. The zero-order valence-corrected chi connectivity index (χ0v) is 11.1. The lowest BCUT2D eigenvalue weighted by atomic mass is 9.78. The van der Waals surface area contributed by atoms with Gasteiger partial charge in [-0.05, 0) is 25.2 Å². The molecule has 0 aromatic heterocycles. The lowest BCUT2D eigenvalue weighted by Crippen LogP contribution is -2.47. The molecule has 0 aromatic carbocycles. The summed E-state index contributed by atoms with van der Waals surface area (Å²) in [5, 5.41) is 8.17. The van der Waals surface area contributed by atoms with Crippen molar-refractivity contribution in [2.45, 2.75) is 51.3 Å². The van der Waals surface area contributed by atoms with Gasteiger partial charge in [0.15, 0.2) is 0 Å². The van der Waals surface area contributed by atoms with Gasteiger partial charge in [0.25, 0.3) is 0 Å². The van der Waals surface area contributed by atoms with Gasteiger partial charge in [0.05, 0.1) is 11.9 Å². The summed E-state index contributed by atoms with van der Waals surface area (Å²) in [5.41, 5.74) is 0. The Hall–Kier alpha value is -0.130. The van der Waals surface area contributed by atoms with Gasteiger partial charge in [0.1, 0.15) is 0 Å². The lowest BCUT2D eigenvalue weighted by Gasteiger charge is -2.34. The van der Waals surface area contributed by atoms with Crippen molar-refractivity contribution < 1.29 is 13.5 Å². The second-order valence-electron chi connectivity index (χ2n) is 5.03. The molecular formula is C11H23NO3S. The van der Waals surface area contributed by atoms with E-state index in [-0.39, 0.29) is 12.6 Å². The zero-order valence-electron chi connectivity index (χ0n) is 10.3. The minimum atomic E-state index is -3.37. The first-order valence-electron chi connectivity index (χ1n) is 6.00. The van der Waals surface area contributed by atoms with Crippen molar-refractivity contribution in [3.63, 3.8) is 0 Å². The van der Waals surface area contributed by atoms with E-state index in [4.69, 9.17) is 5.11 Å². The molecule has 16 heavy (non-hydrogen) atoms. The number of aliphatic hydroxyl groups is 1. The third-order valence-corrected chi connectivity index (χ3v) is 5.65. The van der Waals surface area contributed by atoms with Crippen molar-refractivity contribution in [2.75, 3.05) is 6.61 Å². The van der Waals surface area contributed by atoms with Crippen molar-refractivity contribution in [3.8, 4) is 0 Å². The van der Waals surface area contributed by atoms with Crippen molar-refractivity contribution in [1.29, 1.82) is 0 Å². The summed E-state index contributed by atoms with van der Waals surface area (Å²) < 4.78 is 26.4. The molecule has 4 nitrogen and oxygen atoms in total. The van der Waals surface area contributed by atoms with E-state index in [2.05, 4.69) is 18.6 Å². The molecule has 4 atom stereocenters. The van der Waals surface area contributed by atoms with Gasteiger partial charge in [-0.1, -0.05) is 26.7 Å². The fraction of sp³-hybridized carbons (Fsp3) is 1.00. The maximum atomic E-state index is 11.8. The minimum Gasteiger partial charge on any atom is -0.395 e. The summed E-state index contributed by atoms with van der Waals surface area (Å²) in [4.78, 5) is 0. The van der Waals surface area contributed by atoms with Crippen LogP contribution < -0.4 is 4.72 Å².